The third kappa shape index (κ3) is 5.86. The zero-order chi connectivity index (χ0) is 22.4. The maximum atomic E-state index is 12.4. The molecule has 0 radical (unpaired) electrons. The Labute approximate surface area is 190 Å². The highest BCUT2D eigenvalue weighted by atomic mass is 35.5. The second kappa shape index (κ2) is 10.5. The monoisotopic (exact) mass is 457 g/mol. The van der Waals surface area contributed by atoms with Gasteiger partial charge in [0.1, 0.15) is 0 Å². The van der Waals surface area contributed by atoms with Crippen LogP contribution in [0.4, 0.5) is 5.69 Å². The first-order chi connectivity index (χ1) is 14.9. The third-order valence-corrected chi connectivity index (χ3v) is 6.05. The summed E-state index contributed by atoms with van der Waals surface area (Å²) in [6, 6.07) is 12.7. The molecule has 9 heteroatoms. The van der Waals surface area contributed by atoms with Gasteiger partial charge in [-0.2, -0.15) is 0 Å². The van der Waals surface area contributed by atoms with Crippen molar-refractivity contribution < 1.29 is 9.59 Å². The van der Waals surface area contributed by atoms with E-state index in [2.05, 4.69) is 20.8 Å². The number of aromatic nitrogens is 3. The molecule has 1 aromatic heterocycles. The van der Waals surface area contributed by atoms with E-state index in [1.165, 1.54) is 17.3 Å². The molecule has 162 valence electrons. The molecule has 31 heavy (non-hydrogen) atoms. The molecule has 2 aromatic carbocycles. The van der Waals surface area contributed by atoms with Crippen molar-refractivity contribution in [1.29, 1.82) is 0 Å². The fraction of sp³-hybridized carbons (Fsp3) is 0.273. The molecular weight excluding hydrogens is 434 g/mol. The van der Waals surface area contributed by atoms with Gasteiger partial charge in [-0.3, -0.25) is 9.59 Å². The fourth-order valence-corrected chi connectivity index (χ4v) is 3.96. The van der Waals surface area contributed by atoms with Crippen LogP contribution in [0.15, 0.2) is 47.6 Å². The third-order valence-electron chi connectivity index (χ3n) is 4.76. The van der Waals surface area contributed by atoms with Gasteiger partial charge in [0.25, 0.3) is 5.91 Å². The Bertz CT molecular complexity index is 1100. The fourth-order valence-electron chi connectivity index (χ4n) is 2.92. The Morgan fingerprint density at radius 3 is 2.58 bits per heavy atom. The lowest BCUT2D eigenvalue weighted by atomic mass is 10.1. The molecule has 0 aliphatic heterocycles. The van der Waals surface area contributed by atoms with E-state index < -0.39 is 0 Å². The number of nitrogens with one attached hydrogen (secondary N) is 2. The number of halogens is 1. The number of benzene rings is 2. The average Bonchev–Trinajstić information content (AvgIpc) is 3.15. The minimum Gasteiger partial charge on any atom is -0.345 e. The highest BCUT2D eigenvalue weighted by Gasteiger charge is 2.15. The Hall–Kier alpha value is -2.84. The van der Waals surface area contributed by atoms with E-state index in [9.17, 15) is 9.59 Å². The van der Waals surface area contributed by atoms with Crippen molar-refractivity contribution in [3.8, 4) is 0 Å². The zero-order valence-corrected chi connectivity index (χ0v) is 19.2. The molecule has 0 spiro atoms. The van der Waals surface area contributed by atoms with Crippen molar-refractivity contribution in [3.05, 3.63) is 70.0 Å². The molecule has 0 saturated heterocycles. The SMILES string of the molecule is CCn1c(CNC(=O)c2ccccc2Cl)nnc1SCC(=O)Nc1ccc(C)c(C)c1. The molecule has 2 N–H and O–H groups in total. The molecule has 3 aromatic rings. The lowest BCUT2D eigenvalue weighted by molar-refractivity contribution is -0.113. The van der Waals surface area contributed by atoms with Crippen LogP contribution in [0.25, 0.3) is 0 Å². The second-order valence-corrected chi connectivity index (χ2v) is 8.29. The van der Waals surface area contributed by atoms with E-state index in [0.29, 0.717) is 28.1 Å². The molecule has 2 amide bonds. The van der Waals surface area contributed by atoms with Gasteiger partial charge in [0.15, 0.2) is 11.0 Å². The Kier molecular flexibility index (Phi) is 7.70. The number of anilines is 1. The molecule has 1 heterocycles. The van der Waals surface area contributed by atoms with Gasteiger partial charge in [0, 0.05) is 12.2 Å². The second-order valence-electron chi connectivity index (χ2n) is 6.94. The van der Waals surface area contributed by atoms with Crippen LogP contribution in [0, 0.1) is 13.8 Å². The van der Waals surface area contributed by atoms with Crippen LogP contribution in [-0.4, -0.2) is 32.3 Å². The number of thioether (sulfide) groups is 1. The first-order valence-corrected chi connectivity index (χ1v) is 11.2. The van der Waals surface area contributed by atoms with Crippen molar-refractivity contribution in [2.45, 2.75) is 39.0 Å². The van der Waals surface area contributed by atoms with E-state index in [0.717, 1.165) is 11.3 Å². The highest BCUT2D eigenvalue weighted by Crippen LogP contribution is 2.19. The van der Waals surface area contributed by atoms with Gasteiger partial charge in [-0.1, -0.05) is 41.6 Å². The maximum Gasteiger partial charge on any atom is 0.253 e. The number of carbonyl (C=O) groups excluding carboxylic acids is 2. The first-order valence-electron chi connectivity index (χ1n) is 9.83. The normalized spacial score (nSPS) is 10.7. The number of aryl methyl sites for hydroxylation is 2. The van der Waals surface area contributed by atoms with Crippen LogP contribution in [0.2, 0.25) is 5.02 Å². The molecule has 0 saturated carbocycles. The highest BCUT2D eigenvalue weighted by molar-refractivity contribution is 7.99. The molecule has 0 fully saturated rings. The molecular formula is C22H24ClN5O2S. The number of nitrogens with zero attached hydrogens (tertiary/aromatic N) is 3. The van der Waals surface area contributed by atoms with Crippen molar-refractivity contribution in [1.82, 2.24) is 20.1 Å². The van der Waals surface area contributed by atoms with Crippen LogP contribution in [0.1, 0.15) is 34.2 Å². The maximum absolute atomic E-state index is 12.4. The molecule has 0 bridgehead atoms. The number of hydrogen-bond donors (Lipinski definition) is 2. The van der Waals surface area contributed by atoms with Gasteiger partial charge in [0.05, 0.1) is 22.9 Å². The van der Waals surface area contributed by atoms with Crippen molar-refractivity contribution in [2.75, 3.05) is 11.1 Å². The van der Waals surface area contributed by atoms with Gasteiger partial charge in [-0.25, -0.2) is 0 Å². The van der Waals surface area contributed by atoms with Crippen LogP contribution in [-0.2, 0) is 17.9 Å². The predicted molar refractivity (Wildman–Crippen MR) is 124 cm³/mol. The summed E-state index contributed by atoms with van der Waals surface area (Å²) in [6.07, 6.45) is 0. The van der Waals surface area contributed by atoms with Gasteiger partial charge in [0.2, 0.25) is 5.91 Å². The number of rotatable bonds is 8. The zero-order valence-electron chi connectivity index (χ0n) is 17.6. The lowest BCUT2D eigenvalue weighted by Gasteiger charge is -2.10. The molecule has 0 atom stereocenters. The number of amides is 2. The smallest absolute Gasteiger partial charge is 0.253 e. The van der Waals surface area contributed by atoms with Crippen LogP contribution in [0.3, 0.4) is 0 Å². The van der Waals surface area contributed by atoms with Crippen LogP contribution >= 0.6 is 23.4 Å². The van der Waals surface area contributed by atoms with Crippen LogP contribution in [0.5, 0.6) is 0 Å². The standard InChI is InChI=1S/C22H24ClN5O2S/c1-4-28-19(12-24-21(30)17-7-5-6-8-18(17)23)26-27-22(28)31-13-20(29)25-16-10-9-14(2)15(3)11-16/h5-11H,4,12-13H2,1-3H3,(H,24,30)(H,25,29). The van der Waals surface area contributed by atoms with Gasteiger partial charge in [-0.05, 0) is 56.2 Å². The predicted octanol–water partition coefficient (Wildman–Crippen LogP) is 4.23. The Morgan fingerprint density at radius 2 is 1.87 bits per heavy atom. The van der Waals surface area contributed by atoms with Crippen molar-refractivity contribution >= 4 is 40.9 Å². The van der Waals surface area contributed by atoms with Crippen molar-refractivity contribution in [3.63, 3.8) is 0 Å². The Balaban J connectivity index is 1.58. The summed E-state index contributed by atoms with van der Waals surface area (Å²) in [4.78, 5) is 24.7. The van der Waals surface area contributed by atoms with E-state index in [4.69, 9.17) is 11.6 Å². The van der Waals surface area contributed by atoms with Crippen molar-refractivity contribution in [2.24, 2.45) is 0 Å². The summed E-state index contributed by atoms with van der Waals surface area (Å²) in [5.74, 6) is 0.419. The van der Waals surface area contributed by atoms with E-state index in [1.54, 1.807) is 24.3 Å². The van der Waals surface area contributed by atoms with E-state index in [1.807, 2.05) is 43.5 Å². The summed E-state index contributed by atoms with van der Waals surface area (Å²) >= 11 is 7.38. The molecule has 0 aliphatic carbocycles. The number of carbonyl (C=O) groups is 2. The topological polar surface area (TPSA) is 88.9 Å². The summed E-state index contributed by atoms with van der Waals surface area (Å²) in [5, 5.41) is 15.1. The molecule has 0 aliphatic rings. The van der Waals surface area contributed by atoms with Gasteiger partial charge >= 0.3 is 0 Å². The summed E-state index contributed by atoms with van der Waals surface area (Å²) in [7, 11) is 0. The summed E-state index contributed by atoms with van der Waals surface area (Å²) < 4.78 is 1.88. The summed E-state index contributed by atoms with van der Waals surface area (Å²) in [5.41, 5.74) is 3.48. The lowest BCUT2D eigenvalue weighted by Crippen LogP contribution is -2.25. The Morgan fingerprint density at radius 1 is 1.10 bits per heavy atom. The quantitative estimate of drug-likeness (QED) is 0.494. The minimum atomic E-state index is -0.279. The molecule has 3 rings (SSSR count). The largest absolute Gasteiger partial charge is 0.345 e. The van der Waals surface area contributed by atoms with E-state index in [-0.39, 0.29) is 24.1 Å². The minimum absolute atomic E-state index is 0.118. The average molecular weight is 458 g/mol. The first kappa shape index (κ1) is 22.8. The summed E-state index contributed by atoms with van der Waals surface area (Å²) in [6.45, 7) is 6.83. The molecule has 0 unspecified atom stereocenters. The van der Waals surface area contributed by atoms with Gasteiger partial charge in [-0.15, -0.1) is 10.2 Å². The van der Waals surface area contributed by atoms with E-state index >= 15 is 0 Å². The number of hydrogen-bond acceptors (Lipinski definition) is 5. The van der Waals surface area contributed by atoms with Gasteiger partial charge < -0.3 is 15.2 Å². The molecule has 7 nitrogen and oxygen atoms in total. The van der Waals surface area contributed by atoms with Crippen LogP contribution < -0.4 is 10.6 Å².